The number of carbonyl (C=O) groups is 1. The van der Waals surface area contributed by atoms with E-state index in [4.69, 9.17) is 9.47 Å². The number of ether oxygens (including phenoxy) is 2. The normalized spacial score (nSPS) is 15.8. The van der Waals surface area contributed by atoms with Crippen LogP contribution in [0.3, 0.4) is 0 Å². The summed E-state index contributed by atoms with van der Waals surface area (Å²) in [6.45, 7) is 8.09. The van der Waals surface area contributed by atoms with Crippen molar-refractivity contribution < 1.29 is 14.3 Å². The highest BCUT2D eigenvalue weighted by Gasteiger charge is 2.23. The van der Waals surface area contributed by atoms with E-state index < -0.39 is 0 Å². The van der Waals surface area contributed by atoms with Crippen LogP contribution >= 0.6 is 0 Å². The smallest absolute Gasteiger partial charge is 0.260 e. The molecule has 0 bridgehead atoms. The lowest BCUT2D eigenvalue weighted by Crippen LogP contribution is -2.39. The molecule has 2 aromatic rings. The number of amides is 1. The minimum atomic E-state index is -0.0124. The van der Waals surface area contributed by atoms with E-state index in [-0.39, 0.29) is 18.6 Å². The summed E-state index contributed by atoms with van der Waals surface area (Å²) in [4.78, 5) is 17.1. The van der Waals surface area contributed by atoms with E-state index in [2.05, 4.69) is 48.2 Å². The molecular formula is C25H34N2O3. The second-order valence-electron chi connectivity index (χ2n) is 8.49. The van der Waals surface area contributed by atoms with Gasteiger partial charge in [0.2, 0.25) is 0 Å². The Morgan fingerprint density at radius 2 is 1.77 bits per heavy atom. The molecule has 1 aliphatic rings. The van der Waals surface area contributed by atoms with Gasteiger partial charge in [0, 0.05) is 39.5 Å². The molecule has 0 saturated carbocycles. The molecule has 1 aliphatic heterocycles. The fourth-order valence-corrected chi connectivity index (χ4v) is 4.03. The van der Waals surface area contributed by atoms with Crippen molar-refractivity contribution in [2.24, 2.45) is 0 Å². The van der Waals surface area contributed by atoms with E-state index in [0.29, 0.717) is 13.1 Å². The van der Waals surface area contributed by atoms with Crippen molar-refractivity contribution in [3.05, 3.63) is 58.7 Å². The minimum absolute atomic E-state index is 0.0124. The first-order valence-corrected chi connectivity index (χ1v) is 10.7. The summed E-state index contributed by atoms with van der Waals surface area (Å²) in [6, 6.07) is 12.5. The topological polar surface area (TPSA) is 42.0 Å². The molecule has 0 radical (unpaired) electrons. The van der Waals surface area contributed by atoms with Crippen LogP contribution in [0.25, 0.3) is 0 Å². The van der Waals surface area contributed by atoms with Gasteiger partial charge in [0.15, 0.2) is 6.61 Å². The van der Waals surface area contributed by atoms with E-state index in [1.54, 1.807) is 0 Å². The summed E-state index contributed by atoms with van der Waals surface area (Å²) in [5.41, 5.74) is 5.57. The highest BCUT2D eigenvalue weighted by molar-refractivity contribution is 5.78. The molecule has 1 amide bonds. The number of rotatable bonds is 8. The van der Waals surface area contributed by atoms with Crippen LogP contribution in [0.2, 0.25) is 0 Å². The number of anilines is 1. The van der Waals surface area contributed by atoms with Crippen LogP contribution in [0.4, 0.5) is 5.69 Å². The number of hydrogen-bond acceptors (Lipinski definition) is 4. The van der Waals surface area contributed by atoms with Crippen LogP contribution in [0.1, 0.15) is 35.1 Å². The zero-order chi connectivity index (χ0) is 21.7. The molecule has 0 N–H and O–H groups in total. The Morgan fingerprint density at radius 1 is 1.10 bits per heavy atom. The summed E-state index contributed by atoms with van der Waals surface area (Å²) >= 11 is 0. The van der Waals surface area contributed by atoms with Crippen LogP contribution < -0.4 is 9.64 Å². The standard InChI is InChI=1S/C25H34N2O3/c1-18-13-19(2)25(20(3)14-18)30-17-24(28)27(16-23-7-6-12-29-23)15-21-8-10-22(11-9-21)26(4)5/h8-11,13-14,23H,6-7,12,15-17H2,1-5H3. The van der Waals surface area contributed by atoms with Gasteiger partial charge in [-0.2, -0.15) is 0 Å². The Morgan fingerprint density at radius 3 is 2.33 bits per heavy atom. The zero-order valence-corrected chi connectivity index (χ0v) is 18.9. The third-order valence-corrected chi connectivity index (χ3v) is 5.57. The molecule has 5 heteroatoms. The number of hydrogen-bond donors (Lipinski definition) is 0. The summed E-state index contributed by atoms with van der Waals surface area (Å²) in [6.07, 6.45) is 2.17. The van der Waals surface area contributed by atoms with Crippen molar-refractivity contribution in [1.82, 2.24) is 4.90 Å². The van der Waals surface area contributed by atoms with Gasteiger partial charge in [-0.25, -0.2) is 0 Å². The van der Waals surface area contributed by atoms with E-state index in [9.17, 15) is 4.79 Å². The third kappa shape index (κ3) is 5.76. The van der Waals surface area contributed by atoms with Crippen molar-refractivity contribution in [2.75, 3.05) is 38.8 Å². The van der Waals surface area contributed by atoms with Gasteiger partial charge in [-0.05, 0) is 62.4 Å². The maximum atomic E-state index is 13.1. The molecule has 1 saturated heterocycles. The molecule has 162 valence electrons. The highest BCUT2D eigenvalue weighted by Crippen LogP contribution is 2.25. The summed E-state index contributed by atoms with van der Waals surface area (Å²) in [5.74, 6) is 0.794. The second-order valence-corrected chi connectivity index (χ2v) is 8.49. The average molecular weight is 411 g/mol. The third-order valence-electron chi connectivity index (χ3n) is 5.57. The molecule has 5 nitrogen and oxygen atoms in total. The fourth-order valence-electron chi connectivity index (χ4n) is 4.03. The van der Waals surface area contributed by atoms with Crippen molar-refractivity contribution in [2.45, 2.75) is 46.3 Å². The van der Waals surface area contributed by atoms with Crippen molar-refractivity contribution >= 4 is 11.6 Å². The SMILES string of the molecule is Cc1cc(C)c(OCC(=O)N(Cc2ccc(N(C)C)cc2)CC2CCCO2)c(C)c1. The van der Waals surface area contributed by atoms with Crippen molar-refractivity contribution in [3.63, 3.8) is 0 Å². The molecule has 3 rings (SSSR count). The molecule has 1 fully saturated rings. The Balaban J connectivity index is 1.70. The van der Waals surface area contributed by atoms with Crippen LogP contribution in [0.15, 0.2) is 36.4 Å². The van der Waals surface area contributed by atoms with Gasteiger partial charge >= 0.3 is 0 Å². The van der Waals surface area contributed by atoms with Crippen LogP contribution in [-0.2, 0) is 16.1 Å². The van der Waals surface area contributed by atoms with Gasteiger partial charge in [-0.15, -0.1) is 0 Å². The summed E-state index contributed by atoms with van der Waals surface area (Å²) in [7, 11) is 4.04. The Kier molecular flexibility index (Phi) is 7.38. The first-order chi connectivity index (χ1) is 14.3. The van der Waals surface area contributed by atoms with E-state index in [1.807, 2.05) is 32.8 Å². The lowest BCUT2D eigenvalue weighted by atomic mass is 10.1. The molecule has 0 aliphatic carbocycles. The quantitative estimate of drug-likeness (QED) is 0.652. The Labute approximate surface area is 180 Å². The Hall–Kier alpha value is -2.53. The highest BCUT2D eigenvalue weighted by atomic mass is 16.5. The molecule has 1 unspecified atom stereocenters. The first kappa shape index (κ1) is 22.2. The second kappa shape index (κ2) is 9.98. The number of benzene rings is 2. The molecule has 0 aromatic heterocycles. The van der Waals surface area contributed by atoms with Gasteiger partial charge in [0.25, 0.3) is 5.91 Å². The maximum absolute atomic E-state index is 13.1. The lowest BCUT2D eigenvalue weighted by molar-refractivity contribution is -0.135. The monoisotopic (exact) mass is 410 g/mol. The number of aryl methyl sites for hydroxylation is 3. The zero-order valence-electron chi connectivity index (χ0n) is 18.9. The molecule has 30 heavy (non-hydrogen) atoms. The average Bonchev–Trinajstić information content (AvgIpc) is 3.20. The maximum Gasteiger partial charge on any atom is 0.260 e. The minimum Gasteiger partial charge on any atom is -0.483 e. The van der Waals surface area contributed by atoms with Crippen LogP contribution in [-0.4, -0.2) is 50.8 Å². The van der Waals surface area contributed by atoms with Crippen LogP contribution in [0.5, 0.6) is 5.75 Å². The van der Waals surface area contributed by atoms with Gasteiger partial charge in [0.1, 0.15) is 5.75 Å². The van der Waals surface area contributed by atoms with Crippen molar-refractivity contribution in [1.29, 1.82) is 0 Å². The van der Waals surface area contributed by atoms with Crippen molar-refractivity contribution in [3.8, 4) is 5.75 Å². The number of carbonyl (C=O) groups excluding carboxylic acids is 1. The molecule has 2 aromatic carbocycles. The van der Waals surface area contributed by atoms with E-state index in [0.717, 1.165) is 47.6 Å². The molecule has 0 spiro atoms. The predicted molar refractivity (Wildman–Crippen MR) is 121 cm³/mol. The summed E-state index contributed by atoms with van der Waals surface area (Å²) < 4.78 is 11.8. The van der Waals surface area contributed by atoms with Gasteiger partial charge in [-0.3, -0.25) is 4.79 Å². The molecule has 1 atom stereocenters. The first-order valence-electron chi connectivity index (χ1n) is 10.7. The fraction of sp³-hybridized carbons (Fsp3) is 0.480. The lowest BCUT2D eigenvalue weighted by Gasteiger charge is -2.26. The predicted octanol–water partition coefficient (Wildman–Crippen LogP) is 4.26. The van der Waals surface area contributed by atoms with Crippen LogP contribution in [0, 0.1) is 20.8 Å². The van der Waals surface area contributed by atoms with Gasteiger partial charge in [-0.1, -0.05) is 29.8 Å². The molecule has 1 heterocycles. The Bertz CT molecular complexity index is 832. The number of nitrogens with zero attached hydrogens (tertiary/aromatic N) is 2. The van der Waals surface area contributed by atoms with Gasteiger partial charge < -0.3 is 19.3 Å². The van der Waals surface area contributed by atoms with Gasteiger partial charge in [0.05, 0.1) is 6.10 Å². The van der Waals surface area contributed by atoms with E-state index in [1.165, 1.54) is 5.56 Å². The molecular weight excluding hydrogens is 376 g/mol. The van der Waals surface area contributed by atoms with E-state index >= 15 is 0 Å². The largest absolute Gasteiger partial charge is 0.483 e. The summed E-state index contributed by atoms with van der Waals surface area (Å²) in [5, 5.41) is 0.